The quantitative estimate of drug-likeness (QED) is 0.299. The first kappa shape index (κ1) is 27.2. The van der Waals surface area contributed by atoms with Crippen molar-refractivity contribution in [2.45, 2.75) is 132 Å². The largest absolute Gasteiger partial charge is 0.332 e. The molecule has 3 heterocycles. The molecule has 0 spiro atoms. The Balaban J connectivity index is 1.95. The van der Waals surface area contributed by atoms with Crippen molar-refractivity contribution in [2.75, 3.05) is 0 Å². The van der Waals surface area contributed by atoms with Crippen molar-refractivity contribution in [2.24, 2.45) is 0 Å². The highest BCUT2D eigenvalue weighted by molar-refractivity contribution is 5.12. The lowest BCUT2D eigenvalue weighted by molar-refractivity contribution is -0.714. The molecule has 0 aliphatic heterocycles. The summed E-state index contributed by atoms with van der Waals surface area (Å²) in [6.45, 7) is 28.0. The third-order valence-corrected chi connectivity index (χ3v) is 7.36. The van der Waals surface area contributed by atoms with Crippen LogP contribution in [0, 0.1) is 13.8 Å². The van der Waals surface area contributed by atoms with E-state index in [1.807, 2.05) is 6.20 Å². The fourth-order valence-corrected chi connectivity index (χ4v) is 5.29. The van der Waals surface area contributed by atoms with Gasteiger partial charge in [-0.3, -0.25) is 0 Å². The molecule has 35 heavy (non-hydrogen) atoms. The summed E-state index contributed by atoms with van der Waals surface area (Å²) < 4.78 is 9.79. The number of imidazole rings is 3. The highest BCUT2D eigenvalue weighted by Crippen LogP contribution is 2.25. The van der Waals surface area contributed by atoms with Crippen LogP contribution >= 0.6 is 0 Å². The fraction of sp³-hybridized carbons (Fsp3) is 0.690. The van der Waals surface area contributed by atoms with E-state index in [9.17, 15) is 0 Å². The molecule has 6 nitrogen and oxygen atoms in total. The van der Waals surface area contributed by atoms with Crippen LogP contribution in [-0.4, -0.2) is 23.7 Å². The van der Waals surface area contributed by atoms with Crippen molar-refractivity contribution in [3.63, 3.8) is 0 Å². The lowest BCUT2D eigenvalue weighted by Crippen LogP contribution is -2.43. The van der Waals surface area contributed by atoms with Crippen molar-refractivity contribution in [3.8, 4) is 0 Å². The maximum atomic E-state index is 5.04. The molecule has 0 saturated carbocycles. The SMILES string of the molecule is Cc1ncc(C(C)C)n1C(C)C[n+]1c(C(C)C)cn(C(C)Cc2nc(C(C)C)cn2C(C)C)c1C. The third-order valence-electron chi connectivity index (χ3n) is 7.36. The van der Waals surface area contributed by atoms with Gasteiger partial charge in [-0.25, -0.2) is 19.1 Å². The molecule has 3 rings (SSSR count). The van der Waals surface area contributed by atoms with Crippen molar-refractivity contribution in [1.82, 2.24) is 23.7 Å². The van der Waals surface area contributed by atoms with Crippen LogP contribution in [0.5, 0.6) is 0 Å². The lowest BCUT2D eigenvalue weighted by atomic mass is 10.1. The minimum absolute atomic E-state index is 0.324. The van der Waals surface area contributed by atoms with Gasteiger partial charge in [0.05, 0.1) is 11.7 Å². The minimum atomic E-state index is 0.324. The molecular weight excluding hydrogens is 432 g/mol. The van der Waals surface area contributed by atoms with Gasteiger partial charge in [-0.05, 0) is 46.5 Å². The summed E-state index contributed by atoms with van der Waals surface area (Å²) in [6.07, 6.45) is 7.60. The molecule has 0 aromatic carbocycles. The van der Waals surface area contributed by atoms with E-state index in [1.54, 1.807) is 0 Å². The number of nitrogens with zero attached hydrogens (tertiary/aromatic N) is 6. The molecule has 2 unspecified atom stereocenters. The number of rotatable bonds is 10. The third kappa shape index (κ3) is 5.57. The molecule has 0 fully saturated rings. The van der Waals surface area contributed by atoms with Gasteiger partial charge in [-0.1, -0.05) is 41.5 Å². The van der Waals surface area contributed by atoms with Crippen molar-refractivity contribution >= 4 is 0 Å². The number of hydrogen-bond donors (Lipinski definition) is 0. The Morgan fingerprint density at radius 2 is 1.46 bits per heavy atom. The summed E-state index contributed by atoms with van der Waals surface area (Å²) in [4.78, 5) is 9.68. The van der Waals surface area contributed by atoms with E-state index in [-0.39, 0.29) is 0 Å². The molecular formula is C29H49N6+. The monoisotopic (exact) mass is 481 g/mol. The molecule has 0 saturated heterocycles. The zero-order chi connectivity index (χ0) is 26.2. The van der Waals surface area contributed by atoms with Crippen LogP contribution in [0.1, 0.15) is 140 Å². The van der Waals surface area contributed by atoms with Crippen LogP contribution < -0.4 is 4.57 Å². The van der Waals surface area contributed by atoms with Crippen LogP contribution in [-0.2, 0) is 13.0 Å². The van der Waals surface area contributed by atoms with Gasteiger partial charge < -0.3 is 9.13 Å². The van der Waals surface area contributed by atoms with Gasteiger partial charge in [0.25, 0.3) is 5.82 Å². The van der Waals surface area contributed by atoms with Crippen LogP contribution in [0.25, 0.3) is 0 Å². The van der Waals surface area contributed by atoms with Crippen LogP contribution in [0.15, 0.2) is 18.6 Å². The Morgan fingerprint density at radius 1 is 0.800 bits per heavy atom. The first-order chi connectivity index (χ1) is 16.3. The maximum absolute atomic E-state index is 5.04. The molecule has 0 bridgehead atoms. The summed E-state index contributed by atoms with van der Waals surface area (Å²) in [5.74, 6) is 4.94. The molecule has 6 heteroatoms. The Bertz CT molecular complexity index is 1120. The van der Waals surface area contributed by atoms with Gasteiger partial charge in [0.2, 0.25) is 0 Å². The molecule has 194 valence electrons. The van der Waals surface area contributed by atoms with Crippen molar-refractivity contribution < 1.29 is 4.57 Å². The molecule has 0 aliphatic carbocycles. The molecule has 3 aromatic heterocycles. The van der Waals surface area contributed by atoms with E-state index in [4.69, 9.17) is 4.98 Å². The highest BCUT2D eigenvalue weighted by Gasteiger charge is 2.29. The molecule has 0 amide bonds. The second-order valence-corrected chi connectivity index (χ2v) is 11.7. The first-order valence-corrected chi connectivity index (χ1v) is 13.6. The second-order valence-electron chi connectivity index (χ2n) is 11.7. The molecule has 3 aromatic rings. The smallest absolute Gasteiger partial charge is 0.253 e. The Morgan fingerprint density at radius 3 is 2.00 bits per heavy atom. The van der Waals surface area contributed by atoms with Crippen molar-refractivity contribution in [3.05, 3.63) is 53.1 Å². The Labute approximate surface area is 213 Å². The first-order valence-electron chi connectivity index (χ1n) is 13.6. The molecule has 0 aliphatic rings. The second kappa shape index (κ2) is 10.7. The number of aromatic nitrogens is 6. The van der Waals surface area contributed by atoms with E-state index in [2.05, 4.69) is 119 Å². The van der Waals surface area contributed by atoms with E-state index in [0.29, 0.717) is 35.9 Å². The highest BCUT2D eigenvalue weighted by atomic mass is 15.2. The number of hydrogen-bond acceptors (Lipinski definition) is 2. The predicted octanol–water partition coefficient (Wildman–Crippen LogP) is 6.80. The van der Waals surface area contributed by atoms with Gasteiger partial charge in [-0.2, -0.15) is 0 Å². The zero-order valence-corrected chi connectivity index (χ0v) is 24.3. The fourth-order valence-electron chi connectivity index (χ4n) is 5.29. The normalized spacial score (nSPS) is 14.2. The van der Waals surface area contributed by atoms with Crippen LogP contribution in [0.2, 0.25) is 0 Å². The minimum Gasteiger partial charge on any atom is -0.332 e. The lowest BCUT2D eigenvalue weighted by Gasteiger charge is -2.20. The van der Waals surface area contributed by atoms with Crippen LogP contribution in [0.4, 0.5) is 0 Å². The van der Waals surface area contributed by atoms with Crippen LogP contribution in [0.3, 0.4) is 0 Å². The summed E-state index contributed by atoms with van der Waals surface area (Å²) in [7, 11) is 0. The molecule has 0 radical (unpaired) electrons. The summed E-state index contributed by atoms with van der Waals surface area (Å²) in [6, 6.07) is 1.06. The predicted molar refractivity (Wildman–Crippen MR) is 144 cm³/mol. The van der Waals surface area contributed by atoms with Gasteiger partial charge in [-0.15, -0.1) is 0 Å². The van der Waals surface area contributed by atoms with E-state index >= 15 is 0 Å². The topological polar surface area (TPSA) is 44.4 Å². The van der Waals surface area contributed by atoms with Gasteiger partial charge in [0.1, 0.15) is 36.1 Å². The zero-order valence-electron chi connectivity index (χ0n) is 24.3. The van der Waals surface area contributed by atoms with E-state index in [1.165, 1.54) is 28.7 Å². The average molecular weight is 482 g/mol. The average Bonchev–Trinajstić information content (AvgIpc) is 3.44. The van der Waals surface area contributed by atoms with E-state index in [0.717, 1.165) is 18.8 Å². The number of aryl methyl sites for hydroxylation is 1. The van der Waals surface area contributed by atoms with Gasteiger partial charge >= 0.3 is 0 Å². The summed E-state index contributed by atoms with van der Waals surface area (Å²) in [5, 5.41) is 0. The summed E-state index contributed by atoms with van der Waals surface area (Å²) >= 11 is 0. The van der Waals surface area contributed by atoms with Crippen molar-refractivity contribution in [1.29, 1.82) is 0 Å². The Kier molecular flexibility index (Phi) is 8.33. The van der Waals surface area contributed by atoms with Gasteiger partial charge in [0, 0.05) is 43.4 Å². The molecule has 0 N–H and O–H groups in total. The molecule has 2 atom stereocenters. The summed E-state index contributed by atoms with van der Waals surface area (Å²) in [5.41, 5.74) is 3.89. The van der Waals surface area contributed by atoms with E-state index < -0.39 is 0 Å². The standard InChI is InChI=1S/C29H49N6/c1-18(2)26-16-32(21(7)8)29(31-26)13-22(9)33-17-28(20(5)6)34(25(33)12)15-23(10)35-24(11)30-14-27(35)19(3)4/h14,16-23H,13,15H2,1-12H3/q+1. The maximum Gasteiger partial charge on any atom is 0.253 e. The van der Waals surface area contributed by atoms with Gasteiger partial charge in [0.15, 0.2) is 0 Å². The Hall–Kier alpha value is -2.37.